The van der Waals surface area contributed by atoms with Gasteiger partial charge in [-0.3, -0.25) is 0 Å². The topological polar surface area (TPSA) is 17.4 Å². The molecule has 3 heterocycles. The molecule has 0 radical (unpaired) electrons. The number of aromatic nitrogens is 1. The van der Waals surface area contributed by atoms with Crippen molar-refractivity contribution in [2.24, 2.45) is 5.92 Å². The lowest BCUT2D eigenvalue weighted by Crippen LogP contribution is -2.40. The van der Waals surface area contributed by atoms with Gasteiger partial charge in [-0.25, -0.2) is 0 Å². The number of likely N-dealkylation sites (N-methyl/N-ethyl adjacent to an activating group) is 1. The minimum absolute atomic E-state index is 0.630. The number of rotatable bonds is 4. The molecular weight excluding hydrogens is 272 g/mol. The Bertz CT molecular complexity index is 642. The zero-order valence-electron chi connectivity index (χ0n) is 13.5. The Kier molecular flexibility index (Phi) is 3.93. The Hall–Kier alpha value is -1.32. The lowest BCUT2D eigenvalue weighted by molar-refractivity contribution is 0.0589. The van der Waals surface area contributed by atoms with Crippen molar-refractivity contribution < 1.29 is 4.74 Å². The SMILES string of the molecule is CN(CCC1CCOCC1)[C@H]1Cc2cccc3ccn(c23)C1. The first kappa shape index (κ1) is 14.3. The van der Waals surface area contributed by atoms with Crippen LogP contribution in [0.25, 0.3) is 10.9 Å². The van der Waals surface area contributed by atoms with Gasteiger partial charge in [-0.05, 0) is 62.2 Å². The van der Waals surface area contributed by atoms with Gasteiger partial charge >= 0.3 is 0 Å². The second kappa shape index (κ2) is 6.05. The molecule has 118 valence electrons. The molecule has 3 nitrogen and oxygen atoms in total. The van der Waals surface area contributed by atoms with Gasteiger partial charge in [-0.2, -0.15) is 0 Å². The van der Waals surface area contributed by atoms with Crippen LogP contribution in [-0.4, -0.2) is 42.3 Å². The number of hydrogen-bond acceptors (Lipinski definition) is 2. The number of nitrogens with zero attached hydrogens (tertiary/aromatic N) is 2. The Balaban J connectivity index is 1.41. The third-order valence-electron chi connectivity index (χ3n) is 5.59. The molecular formula is C19H26N2O. The fourth-order valence-corrected chi connectivity index (χ4v) is 4.10. The fraction of sp³-hybridized carbons (Fsp3) is 0.579. The highest BCUT2D eigenvalue weighted by Gasteiger charge is 2.24. The molecule has 2 aromatic rings. The second-order valence-corrected chi connectivity index (χ2v) is 7.01. The van der Waals surface area contributed by atoms with Crippen LogP contribution < -0.4 is 0 Å². The highest BCUT2D eigenvalue weighted by atomic mass is 16.5. The molecule has 1 aromatic heterocycles. The summed E-state index contributed by atoms with van der Waals surface area (Å²) in [4.78, 5) is 2.58. The molecule has 0 unspecified atom stereocenters. The van der Waals surface area contributed by atoms with E-state index in [0.717, 1.165) is 25.7 Å². The molecule has 0 aliphatic carbocycles. The molecule has 1 saturated heterocycles. The van der Waals surface area contributed by atoms with E-state index in [4.69, 9.17) is 4.74 Å². The van der Waals surface area contributed by atoms with E-state index in [1.165, 1.54) is 48.7 Å². The molecule has 4 rings (SSSR count). The first-order valence-electron chi connectivity index (χ1n) is 8.66. The van der Waals surface area contributed by atoms with E-state index in [1.54, 1.807) is 0 Å². The summed E-state index contributed by atoms with van der Waals surface area (Å²) in [5, 5.41) is 1.39. The minimum atomic E-state index is 0.630. The van der Waals surface area contributed by atoms with Gasteiger partial charge in [-0.1, -0.05) is 18.2 Å². The van der Waals surface area contributed by atoms with E-state index in [-0.39, 0.29) is 0 Å². The van der Waals surface area contributed by atoms with Crippen LogP contribution in [0.2, 0.25) is 0 Å². The van der Waals surface area contributed by atoms with Gasteiger partial charge in [-0.15, -0.1) is 0 Å². The first-order chi connectivity index (χ1) is 10.8. The van der Waals surface area contributed by atoms with E-state index in [2.05, 4.69) is 47.0 Å². The van der Waals surface area contributed by atoms with Crippen molar-refractivity contribution in [1.82, 2.24) is 9.47 Å². The maximum absolute atomic E-state index is 5.47. The summed E-state index contributed by atoms with van der Waals surface area (Å²) in [6.45, 7) is 4.27. The zero-order valence-corrected chi connectivity index (χ0v) is 13.5. The maximum atomic E-state index is 5.47. The molecule has 0 bridgehead atoms. The Morgan fingerprint density at radius 1 is 1.23 bits per heavy atom. The highest BCUT2D eigenvalue weighted by molar-refractivity contribution is 5.84. The molecule has 2 aliphatic rings. The highest BCUT2D eigenvalue weighted by Crippen LogP contribution is 2.28. The molecule has 0 saturated carbocycles. The molecule has 1 aromatic carbocycles. The molecule has 22 heavy (non-hydrogen) atoms. The first-order valence-corrected chi connectivity index (χ1v) is 8.66. The van der Waals surface area contributed by atoms with Crippen molar-refractivity contribution in [3.8, 4) is 0 Å². The van der Waals surface area contributed by atoms with Crippen LogP contribution in [0.4, 0.5) is 0 Å². The summed E-state index contributed by atoms with van der Waals surface area (Å²) in [5.41, 5.74) is 2.97. The standard InChI is InChI=1S/C19H26N2O/c1-20(9-5-15-7-11-22-12-8-15)18-13-17-4-2-3-16-6-10-21(14-18)19(16)17/h2-4,6,10,15,18H,5,7-9,11-14H2,1H3/t18-/m0/s1. The molecule has 3 heteroatoms. The Morgan fingerprint density at radius 2 is 2.09 bits per heavy atom. The lowest BCUT2D eigenvalue weighted by Gasteiger charge is -2.34. The number of ether oxygens (including phenoxy) is 1. The van der Waals surface area contributed by atoms with E-state index in [1.807, 2.05) is 0 Å². The predicted molar refractivity (Wildman–Crippen MR) is 90.2 cm³/mol. The predicted octanol–water partition coefficient (Wildman–Crippen LogP) is 3.31. The van der Waals surface area contributed by atoms with Crippen LogP contribution in [-0.2, 0) is 17.7 Å². The van der Waals surface area contributed by atoms with E-state index < -0.39 is 0 Å². The average molecular weight is 298 g/mol. The second-order valence-electron chi connectivity index (χ2n) is 7.01. The van der Waals surface area contributed by atoms with Gasteiger partial charge in [0.05, 0.1) is 5.52 Å². The van der Waals surface area contributed by atoms with Crippen molar-refractivity contribution in [3.63, 3.8) is 0 Å². The minimum Gasteiger partial charge on any atom is -0.381 e. The van der Waals surface area contributed by atoms with Crippen LogP contribution in [0.15, 0.2) is 30.5 Å². The van der Waals surface area contributed by atoms with Gasteiger partial charge in [0.15, 0.2) is 0 Å². The van der Waals surface area contributed by atoms with Gasteiger partial charge < -0.3 is 14.2 Å². The smallest absolute Gasteiger partial charge is 0.0513 e. The van der Waals surface area contributed by atoms with Crippen molar-refractivity contribution in [3.05, 3.63) is 36.0 Å². The average Bonchev–Trinajstić information content (AvgIpc) is 2.98. The van der Waals surface area contributed by atoms with Gasteiger partial charge in [0.2, 0.25) is 0 Å². The molecule has 1 fully saturated rings. The third kappa shape index (κ3) is 2.68. The summed E-state index contributed by atoms with van der Waals surface area (Å²) in [6, 6.07) is 9.61. The van der Waals surface area contributed by atoms with E-state index in [0.29, 0.717) is 6.04 Å². The summed E-state index contributed by atoms with van der Waals surface area (Å²) < 4.78 is 7.92. The van der Waals surface area contributed by atoms with Gasteiger partial charge in [0.25, 0.3) is 0 Å². The summed E-state index contributed by atoms with van der Waals surface area (Å²) in [6.07, 6.45) is 7.26. The molecule has 0 amide bonds. The van der Waals surface area contributed by atoms with Crippen LogP contribution in [0, 0.1) is 5.92 Å². The summed E-state index contributed by atoms with van der Waals surface area (Å²) in [7, 11) is 2.30. The van der Waals surface area contributed by atoms with E-state index >= 15 is 0 Å². The number of hydrogen-bond donors (Lipinski definition) is 0. The van der Waals surface area contributed by atoms with Crippen molar-refractivity contribution >= 4 is 10.9 Å². The van der Waals surface area contributed by atoms with Gasteiger partial charge in [0.1, 0.15) is 0 Å². The zero-order chi connectivity index (χ0) is 14.9. The number of para-hydroxylation sites is 1. The molecule has 0 spiro atoms. The Morgan fingerprint density at radius 3 is 2.95 bits per heavy atom. The monoisotopic (exact) mass is 298 g/mol. The van der Waals surface area contributed by atoms with E-state index in [9.17, 15) is 0 Å². The molecule has 1 atom stereocenters. The Labute approximate surface area is 132 Å². The lowest BCUT2D eigenvalue weighted by atomic mass is 9.95. The quantitative estimate of drug-likeness (QED) is 0.861. The molecule has 0 N–H and O–H groups in total. The van der Waals surface area contributed by atoms with Crippen LogP contribution >= 0.6 is 0 Å². The summed E-state index contributed by atoms with van der Waals surface area (Å²) in [5.74, 6) is 0.866. The van der Waals surface area contributed by atoms with Crippen molar-refractivity contribution in [1.29, 1.82) is 0 Å². The van der Waals surface area contributed by atoms with Crippen molar-refractivity contribution in [2.45, 2.75) is 38.3 Å². The maximum Gasteiger partial charge on any atom is 0.0513 e. The third-order valence-corrected chi connectivity index (χ3v) is 5.59. The fourth-order valence-electron chi connectivity index (χ4n) is 4.10. The van der Waals surface area contributed by atoms with Crippen molar-refractivity contribution in [2.75, 3.05) is 26.8 Å². The molecule has 2 aliphatic heterocycles. The van der Waals surface area contributed by atoms with Crippen LogP contribution in [0.1, 0.15) is 24.8 Å². The van der Waals surface area contributed by atoms with Gasteiger partial charge in [0, 0.05) is 32.0 Å². The largest absolute Gasteiger partial charge is 0.381 e. The number of benzene rings is 1. The summed E-state index contributed by atoms with van der Waals surface area (Å²) >= 11 is 0. The van der Waals surface area contributed by atoms with Crippen LogP contribution in [0.3, 0.4) is 0 Å². The normalized spacial score (nSPS) is 22.5. The van der Waals surface area contributed by atoms with Crippen LogP contribution in [0.5, 0.6) is 0 Å².